The van der Waals surface area contributed by atoms with Crippen LogP contribution in [0.4, 0.5) is 17.1 Å². The Bertz CT molecular complexity index is 1310. The van der Waals surface area contributed by atoms with E-state index in [0.29, 0.717) is 28.1 Å². The van der Waals surface area contributed by atoms with Gasteiger partial charge in [0.1, 0.15) is 0 Å². The van der Waals surface area contributed by atoms with Gasteiger partial charge in [0.15, 0.2) is 5.84 Å². The molecule has 0 bridgehead atoms. The van der Waals surface area contributed by atoms with Gasteiger partial charge in [-0.05, 0) is 85.0 Å². The zero-order valence-electron chi connectivity index (χ0n) is 17.4. The first kappa shape index (κ1) is 21.6. The number of H-pyrrole nitrogens is 1. The van der Waals surface area contributed by atoms with Crippen LogP contribution in [0.25, 0.3) is 11.5 Å². The molecule has 7 nitrogen and oxygen atoms in total. The molecule has 1 aromatic heterocycles. The minimum absolute atomic E-state index is 0.230. The average Bonchev–Trinajstić information content (AvgIpc) is 3.24. The molecule has 9 heteroatoms. The molecule has 4 aromatic rings. The van der Waals surface area contributed by atoms with E-state index in [9.17, 15) is 0 Å². The molecule has 0 atom stereocenters. The summed E-state index contributed by atoms with van der Waals surface area (Å²) in [5.41, 5.74) is 4.11. The summed E-state index contributed by atoms with van der Waals surface area (Å²) in [5, 5.41) is 16.0. The summed E-state index contributed by atoms with van der Waals surface area (Å²) in [6.07, 6.45) is 0. The predicted molar refractivity (Wildman–Crippen MR) is 130 cm³/mol. The van der Waals surface area contributed by atoms with Gasteiger partial charge in [0.2, 0.25) is 5.89 Å². The predicted octanol–water partition coefficient (Wildman–Crippen LogP) is 6.98. The first-order valence-corrected chi connectivity index (χ1v) is 10.5. The van der Waals surface area contributed by atoms with Crippen molar-refractivity contribution in [2.75, 3.05) is 19.0 Å². The smallest absolute Gasteiger partial charge is 0.284 e. The van der Waals surface area contributed by atoms with Gasteiger partial charge in [0, 0.05) is 35.9 Å². The summed E-state index contributed by atoms with van der Waals surface area (Å²) < 4.78 is 5.35. The number of nitrogens with zero attached hydrogens (tertiary/aromatic N) is 5. The van der Waals surface area contributed by atoms with E-state index in [1.54, 1.807) is 24.3 Å². The summed E-state index contributed by atoms with van der Waals surface area (Å²) in [6, 6.07) is 22.5. The second-order valence-electron chi connectivity index (χ2n) is 7.02. The van der Waals surface area contributed by atoms with Gasteiger partial charge in [-0.2, -0.15) is 0 Å². The molecular weight excluding hydrogens is 444 g/mol. The van der Waals surface area contributed by atoms with Crippen LogP contribution in [0.3, 0.4) is 0 Å². The highest BCUT2D eigenvalue weighted by Crippen LogP contribution is 2.23. The number of nitrogens with one attached hydrogen (secondary N) is 1. The average molecular weight is 463 g/mol. The third kappa shape index (κ3) is 5.35. The molecule has 0 saturated carbocycles. The number of amidine groups is 1. The topological polar surface area (TPSA) is 82.1 Å². The van der Waals surface area contributed by atoms with Crippen LogP contribution in [0, 0.1) is 4.84 Å². The molecule has 0 aliphatic rings. The number of rotatable bonds is 5. The van der Waals surface area contributed by atoms with E-state index in [1.807, 2.05) is 67.5 Å². The fourth-order valence-electron chi connectivity index (χ4n) is 2.82. The van der Waals surface area contributed by atoms with Gasteiger partial charge < -0.3 is 9.32 Å². The van der Waals surface area contributed by atoms with Crippen molar-refractivity contribution in [2.45, 2.75) is 0 Å². The lowest BCUT2D eigenvalue weighted by molar-refractivity contribution is 0.552. The third-order valence-corrected chi connectivity index (χ3v) is 4.94. The van der Waals surface area contributed by atoms with Gasteiger partial charge in [-0.1, -0.05) is 11.6 Å². The molecule has 32 heavy (non-hydrogen) atoms. The van der Waals surface area contributed by atoms with Crippen molar-refractivity contribution in [1.29, 1.82) is 0 Å². The van der Waals surface area contributed by atoms with Crippen molar-refractivity contribution in [3.05, 3.63) is 88.2 Å². The first-order chi connectivity index (χ1) is 15.5. The Morgan fingerprint density at radius 1 is 0.938 bits per heavy atom. The van der Waals surface area contributed by atoms with E-state index < -0.39 is 0 Å². The van der Waals surface area contributed by atoms with E-state index >= 15 is 0 Å². The number of azo groups is 1. The lowest BCUT2D eigenvalue weighted by atomic mass is 10.1. The van der Waals surface area contributed by atoms with Gasteiger partial charge in [-0.15, -0.1) is 15.3 Å². The van der Waals surface area contributed by atoms with Crippen molar-refractivity contribution in [1.82, 2.24) is 10.2 Å². The molecule has 0 unspecified atom stereocenters. The van der Waals surface area contributed by atoms with Crippen LogP contribution in [-0.2, 0) is 0 Å². The van der Waals surface area contributed by atoms with Gasteiger partial charge in [-0.3, -0.25) is 0 Å². The highest BCUT2D eigenvalue weighted by Gasteiger charge is 2.07. The zero-order valence-corrected chi connectivity index (χ0v) is 18.9. The number of aromatic nitrogens is 2. The minimum atomic E-state index is 0.230. The van der Waals surface area contributed by atoms with E-state index in [-0.39, 0.29) is 4.84 Å². The number of hydrogen-bond donors (Lipinski definition) is 1. The van der Waals surface area contributed by atoms with Crippen LogP contribution in [0.15, 0.2) is 92.4 Å². The second kappa shape index (κ2) is 9.67. The Morgan fingerprint density at radius 2 is 1.59 bits per heavy atom. The molecule has 0 radical (unpaired) electrons. The molecule has 0 amide bonds. The Morgan fingerprint density at radius 3 is 2.19 bits per heavy atom. The van der Waals surface area contributed by atoms with Crippen LogP contribution in [0.5, 0.6) is 0 Å². The van der Waals surface area contributed by atoms with Gasteiger partial charge in [-0.25, -0.2) is 10.1 Å². The summed E-state index contributed by atoms with van der Waals surface area (Å²) >= 11 is 10.9. The molecule has 0 aliphatic heterocycles. The molecule has 0 aliphatic carbocycles. The summed E-state index contributed by atoms with van der Waals surface area (Å²) in [5.74, 6) is 0.905. The molecule has 1 N–H and O–H groups in total. The quantitative estimate of drug-likeness (QED) is 0.150. The van der Waals surface area contributed by atoms with Crippen LogP contribution in [0.1, 0.15) is 5.56 Å². The maximum Gasteiger partial charge on any atom is 0.284 e. The Labute approximate surface area is 195 Å². The van der Waals surface area contributed by atoms with Crippen LogP contribution < -0.4 is 4.90 Å². The minimum Gasteiger partial charge on any atom is -0.409 e. The van der Waals surface area contributed by atoms with Crippen LogP contribution >= 0.6 is 23.8 Å². The van der Waals surface area contributed by atoms with Crippen LogP contribution in [-0.4, -0.2) is 30.1 Å². The van der Waals surface area contributed by atoms with Crippen LogP contribution in [0.2, 0.25) is 5.02 Å². The summed E-state index contributed by atoms with van der Waals surface area (Å²) in [4.78, 5) is 6.97. The molecular formula is C23H19ClN6OS. The second-order valence-corrected chi connectivity index (χ2v) is 7.83. The monoisotopic (exact) mass is 462 g/mol. The first-order valence-electron chi connectivity index (χ1n) is 9.68. The summed E-state index contributed by atoms with van der Waals surface area (Å²) in [7, 11) is 3.98. The normalized spacial score (nSPS) is 11.8. The molecule has 3 aromatic carbocycles. The SMILES string of the molecule is CN(C)c1ccc(C(N=Nc2ccc(Cl)cc2)=Nc2ccc(-c3n[nH]c(=S)o3)cc2)cc1. The Hall–Kier alpha value is -3.62. The molecule has 4 rings (SSSR count). The lowest BCUT2D eigenvalue weighted by Gasteiger charge is -2.12. The number of aliphatic imine (C=N–C) groups is 1. The van der Waals surface area contributed by atoms with Crippen molar-refractivity contribution in [2.24, 2.45) is 15.2 Å². The maximum absolute atomic E-state index is 5.96. The van der Waals surface area contributed by atoms with Crippen molar-refractivity contribution in [3.8, 4) is 11.5 Å². The lowest BCUT2D eigenvalue weighted by Crippen LogP contribution is -2.08. The molecule has 0 spiro atoms. The van der Waals surface area contributed by atoms with E-state index in [1.165, 1.54) is 0 Å². The zero-order chi connectivity index (χ0) is 22.5. The van der Waals surface area contributed by atoms with Crippen molar-refractivity contribution in [3.63, 3.8) is 0 Å². The fraction of sp³-hybridized carbons (Fsp3) is 0.0870. The number of hydrogen-bond acceptors (Lipinski definition) is 6. The fourth-order valence-corrected chi connectivity index (χ4v) is 3.07. The standard InChI is InChI=1S/C23H19ClN6OS/c1-30(2)20-13-5-15(6-14-20)21(27-26-19-11-7-17(24)8-12-19)25-18-9-3-16(4-10-18)22-28-29-23(32)31-22/h3-14H,1-2H3,(H,29,32). The molecule has 0 fully saturated rings. The highest BCUT2D eigenvalue weighted by molar-refractivity contribution is 7.71. The Kier molecular flexibility index (Phi) is 6.53. The number of benzene rings is 3. The largest absolute Gasteiger partial charge is 0.409 e. The molecule has 1 heterocycles. The summed E-state index contributed by atoms with van der Waals surface area (Å²) in [6.45, 7) is 0. The van der Waals surface area contributed by atoms with E-state index in [0.717, 1.165) is 16.8 Å². The molecule has 0 saturated heterocycles. The maximum atomic E-state index is 5.96. The van der Waals surface area contributed by atoms with Crippen molar-refractivity contribution < 1.29 is 4.42 Å². The van der Waals surface area contributed by atoms with E-state index in [4.69, 9.17) is 33.2 Å². The number of halogens is 1. The highest BCUT2D eigenvalue weighted by atomic mass is 35.5. The molecule has 160 valence electrons. The number of aromatic amines is 1. The van der Waals surface area contributed by atoms with Gasteiger partial charge in [0.25, 0.3) is 4.84 Å². The number of anilines is 1. The van der Waals surface area contributed by atoms with Gasteiger partial charge >= 0.3 is 0 Å². The van der Waals surface area contributed by atoms with Crippen molar-refractivity contribution >= 4 is 46.7 Å². The van der Waals surface area contributed by atoms with Gasteiger partial charge in [0.05, 0.1) is 11.4 Å². The third-order valence-electron chi connectivity index (χ3n) is 4.52. The van der Waals surface area contributed by atoms with E-state index in [2.05, 4.69) is 20.4 Å². The Balaban J connectivity index is 1.68.